The van der Waals surface area contributed by atoms with Crippen molar-refractivity contribution in [2.24, 2.45) is 5.92 Å². The van der Waals surface area contributed by atoms with E-state index in [-0.39, 0.29) is 11.8 Å². The molecular weight excluding hydrogens is 350 g/mol. The van der Waals surface area contributed by atoms with Gasteiger partial charge in [-0.1, -0.05) is 43.3 Å². The van der Waals surface area contributed by atoms with Gasteiger partial charge in [-0.2, -0.15) is 0 Å². The number of rotatable bonds is 3. The first-order chi connectivity index (χ1) is 13.6. The molecule has 0 fully saturated rings. The Balaban J connectivity index is 1.43. The predicted octanol–water partition coefficient (Wildman–Crippen LogP) is 3.54. The number of amides is 2. The lowest BCUT2D eigenvalue weighted by Crippen LogP contribution is -2.37. The average molecular weight is 373 g/mol. The molecule has 0 saturated carbocycles. The molecular formula is C23H23N3O2. The number of hydrogen-bond donors (Lipinski definition) is 1. The smallest absolute Gasteiger partial charge is 0.246 e. The topological polar surface area (TPSA) is 62.3 Å². The molecule has 2 aliphatic heterocycles. The number of anilines is 1. The average Bonchev–Trinajstić information content (AvgIpc) is 2.72. The maximum atomic E-state index is 12.6. The minimum atomic E-state index is 0.000569. The van der Waals surface area contributed by atoms with Crippen LogP contribution in [0.3, 0.4) is 0 Å². The Labute approximate surface area is 164 Å². The highest BCUT2D eigenvalue weighted by molar-refractivity contribution is 5.94. The van der Waals surface area contributed by atoms with Gasteiger partial charge in [0.25, 0.3) is 0 Å². The first kappa shape index (κ1) is 18.2. The Bertz CT molecular complexity index is 963. The predicted molar refractivity (Wildman–Crippen MR) is 110 cm³/mol. The number of hydrogen-bond acceptors (Lipinski definition) is 3. The number of aromatic nitrogens is 1. The number of carbonyl (C=O) groups excluding carboxylic acids is 2. The lowest BCUT2D eigenvalue weighted by atomic mass is 9.90. The fraction of sp³-hybridized carbons (Fsp3) is 0.261. The molecule has 5 heteroatoms. The van der Waals surface area contributed by atoms with Gasteiger partial charge in [-0.15, -0.1) is 0 Å². The summed E-state index contributed by atoms with van der Waals surface area (Å²) in [6.45, 7) is 3.48. The van der Waals surface area contributed by atoms with Crippen LogP contribution < -0.4 is 5.32 Å². The Morgan fingerprint density at radius 2 is 2.07 bits per heavy atom. The SMILES string of the molecule is CC1CN(C(=O)/C=C/c2cnc3c(c2)CCC(=O)N3)CC=C1c1ccccc1. The number of aryl methyl sites for hydroxylation is 1. The summed E-state index contributed by atoms with van der Waals surface area (Å²) in [4.78, 5) is 30.2. The molecule has 1 N–H and O–H groups in total. The molecule has 2 amide bonds. The summed E-state index contributed by atoms with van der Waals surface area (Å²) in [7, 11) is 0. The van der Waals surface area contributed by atoms with Crippen molar-refractivity contribution in [2.75, 3.05) is 18.4 Å². The molecule has 142 valence electrons. The van der Waals surface area contributed by atoms with Crippen LogP contribution in [0.1, 0.15) is 30.0 Å². The molecule has 0 aliphatic carbocycles. The van der Waals surface area contributed by atoms with E-state index in [1.165, 1.54) is 11.1 Å². The van der Waals surface area contributed by atoms with Crippen molar-refractivity contribution in [1.82, 2.24) is 9.88 Å². The van der Waals surface area contributed by atoms with Crippen LogP contribution in [0.2, 0.25) is 0 Å². The summed E-state index contributed by atoms with van der Waals surface area (Å²) in [5.74, 6) is 0.924. The van der Waals surface area contributed by atoms with E-state index in [1.807, 2.05) is 29.2 Å². The second kappa shape index (κ2) is 7.80. The van der Waals surface area contributed by atoms with Crippen molar-refractivity contribution in [3.8, 4) is 0 Å². The molecule has 1 unspecified atom stereocenters. The van der Waals surface area contributed by atoms with Crippen molar-refractivity contribution in [1.29, 1.82) is 0 Å². The van der Waals surface area contributed by atoms with Crippen molar-refractivity contribution in [2.45, 2.75) is 19.8 Å². The number of nitrogens with one attached hydrogen (secondary N) is 1. The number of benzene rings is 1. The monoisotopic (exact) mass is 373 g/mol. The molecule has 1 aromatic heterocycles. The molecule has 0 radical (unpaired) electrons. The zero-order valence-corrected chi connectivity index (χ0v) is 15.9. The van der Waals surface area contributed by atoms with Crippen LogP contribution in [0.25, 0.3) is 11.6 Å². The van der Waals surface area contributed by atoms with Gasteiger partial charge in [0.15, 0.2) is 0 Å². The Morgan fingerprint density at radius 3 is 2.86 bits per heavy atom. The largest absolute Gasteiger partial charge is 0.335 e. The van der Waals surface area contributed by atoms with E-state index < -0.39 is 0 Å². The molecule has 1 aromatic carbocycles. The fourth-order valence-corrected chi connectivity index (χ4v) is 3.76. The summed E-state index contributed by atoms with van der Waals surface area (Å²) < 4.78 is 0. The Kier molecular flexibility index (Phi) is 5.06. The number of carbonyl (C=O) groups is 2. The molecule has 3 heterocycles. The molecule has 4 rings (SSSR count). The van der Waals surface area contributed by atoms with E-state index in [9.17, 15) is 9.59 Å². The van der Waals surface area contributed by atoms with E-state index in [1.54, 1.807) is 18.3 Å². The minimum Gasteiger partial charge on any atom is -0.335 e. The van der Waals surface area contributed by atoms with Gasteiger partial charge in [0.1, 0.15) is 5.82 Å². The standard InChI is InChI=1S/C23H23N3O2/c1-16-15-26(12-11-20(16)18-5-3-2-4-6-18)22(28)10-7-17-13-19-8-9-21(27)25-23(19)24-14-17/h2-7,10-11,13-14,16H,8-9,12,15H2,1H3,(H,24,25,27)/b10-7+. The highest BCUT2D eigenvalue weighted by Gasteiger charge is 2.22. The molecule has 5 nitrogen and oxygen atoms in total. The molecule has 0 saturated heterocycles. The second-order valence-corrected chi connectivity index (χ2v) is 7.33. The number of fused-ring (bicyclic) bond motifs is 1. The zero-order valence-electron chi connectivity index (χ0n) is 15.9. The van der Waals surface area contributed by atoms with Crippen LogP contribution in [0.15, 0.2) is 54.7 Å². The fourth-order valence-electron chi connectivity index (χ4n) is 3.76. The third kappa shape index (κ3) is 3.88. The lowest BCUT2D eigenvalue weighted by molar-refractivity contribution is -0.126. The van der Waals surface area contributed by atoms with Gasteiger partial charge in [0.05, 0.1) is 0 Å². The summed E-state index contributed by atoms with van der Waals surface area (Å²) in [5.41, 5.74) is 4.41. The van der Waals surface area contributed by atoms with Crippen LogP contribution in [-0.4, -0.2) is 34.8 Å². The molecule has 28 heavy (non-hydrogen) atoms. The summed E-state index contributed by atoms with van der Waals surface area (Å²) in [5, 5.41) is 2.77. The minimum absolute atomic E-state index is 0.000569. The van der Waals surface area contributed by atoms with Gasteiger partial charge < -0.3 is 10.2 Å². The van der Waals surface area contributed by atoms with Gasteiger partial charge in [-0.25, -0.2) is 4.98 Å². The third-order valence-corrected chi connectivity index (χ3v) is 5.26. The van der Waals surface area contributed by atoms with E-state index >= 15 is 0 Å². The van der Waals surface area contributed by atoms with Crippen molar-refractivity contribution in [3.05, 3.63) is 71.4 Å². The van der Waals surface area contributed by atoms with E-state index in [0.717, 1.165) is 11.1 Å². The van der Waals surface area contributed by atoms with E-state index in [4.69, 9.17) is 0 Å². The van der Waals surface area contributed by atoms with E-state index in [2.05, 4.69) is 35.4 Å². The van der Waals surface area contributed by atoms with Gasteiger partial charge in [0.2, 0.25) is 11.8 Å². The maximum Gasteiger partial charge on any atom is 0.246 e. The maximum absolute atomic E-state index is 12.6. The second-order valence-electron chi connectivity index (χ2n) is 7.33. The molecule has 0 spiro atoms. The highest BCUT2D eigenvalue weighted by atomic mass is 16.2. The Hall–Kier alpha value is -3.21. The van der Waals surface area contributed by atoms with Crippen molar-refractivity contribution in [3.63, 3.8) is 0 Å². The zero-order chi connectivity index (χ0) is 19.5. The van der Waals surface area contributed by atoms with E-state index in [0.29, 0.717) is 37.7 Å². The normalized spacial score (nSPS) is 19.2. The Morgan fingerprint density at radius 1 is 1.25 bits per heavy atom. The van der Waals surface area contributed by atoms with Crippen LogP contribution >= 0.6 is 0 Å². The van der Waals surface area contributed by atoms with Crippen molar-refractivity contribution >= 4 is 29.3 Å². The first-order valence-corrected chi connectivity index (χ1v) is 9.61. The summed E-state index contributed by atoms with van der Waals surface area (Å²) >= 11 is 0. The van der Waals surface area contributed by atoms with Gasteiger partial charge in [-0.3, -0.25) is 9.59 Å². The van der Waals surface area contributed by atoms with Gasteiger partial charge in [0, 0.05) is 31.8 Å². The number of nitrogens with zero attached hydrogens (tertiary/aromatic N) is 2. The van der Waals surface area contributed by atoms with Crippen LogP contribution in [0.5, 0.6) is 0 Å². The van der Waals surface area contributed by atoms with Crippen LogP contribution in [0.4, 0.5) is 5.82 Å². The van der Waals surface area contributed by atoms with Crippen LogP contribution in [0, 0.1) is 5.92 Å². The molecule has 0 bridgehead atoms. The third-order valence-electron chi connectivity index (χ3n) is 5.26. The highest BCUT2D eigenvalue weighted by Crippen LogP contribution is 2.27. The molecule has 2 aliphatic rings. The summed E-state index contributed by atoms with van der Waals surface area (Å²) in [6, 6.07) is 12.3. The summed E-state index contributed by atoms with van der Waals surface area (Å²) in [6.07, 6.45) is 8.40. The number of pyridine rings is 1. The quantitative estimate of drug-likeness (QED) is 0.837. The van der Waals surface area contributed by atoms with Gasteiger partial charge >= 0.3 is 0 Å². The molecule has 1 atom stereocenters. The van der Waals surface area contributed by atoms with Crippen molar-refractivity contribution < 1.29 is 9.59 Å². The van der Waals surface area contributed by atoms with Crippen LogP contribution in [-0.2, 0) is 16.0 Å². The first-order valence-electron chi connectivity index (χ1n) is 9.61. The molecule has 2 aromatic rings. The lowest BCUT2D eigenvalue weighted by Gasteiger charge is -2.30. The van der Waals surface area contributed by atoms with Gasteiger partial charge in [-0.05, 0) is 46.7 Å².